The van der Waals surface area contributed by atoms with Crippen molar-refractivity contribution in [2.24, 2.45) is 5.10 Å². The molecule has 35 heavy (non-hydrogen) atoms. The van der Waals surface area contributed by atoms with Crippen LogP contribution in [0.5, 0.6) is 11.5 Å². The Hall–Kier alpha value is -3.55. The first kappa shape index (κ1) is 26.1. The van der Waals surface area contributed by atoms with Gasteiger partial charge < -0.3 is 14.8 Å². The number of rotatable bonds is 10. The van der Waals surface area contributed by atoms with Gasteiger partial charge in [0.25, 0.3) is 0 Å². The zero-order chi connectivity index (χ0) is 25.2. The van der Waals surface area contributed by atoms with Gasteiger partial charge in [0.15, 0.2) is 11.5 Å². The van der Waals surface area contributed by atoms with Gasteiger partial charge in [0.1, 0.15) is 13.0 Å². The van der Waals surface area contributed by atoms with Crippen LogP contribution in [0.3, 0.4) is 0 Å². The summed E-state index contributed by atoms with van der Waals surface area (Å²) in [5.74, 6) is 0.0929. The third-order valence-electron chi connectivity index (χ3n) is 4.73. The molecule has 0 atom stereocenters. The molecule has 0 aliphatic carbocycles. The number of benzene rings is 3. The van der Waals surface area contributed by atoms with Crippen molar-refractivity contribution < 1.29 is 19.1 Å². The lowest BCUT2D eigenvalue weighted by Crippen LogP contribution is -2.24. The van der Waals surface area contributed by atoms with Gasteiger partial charge in [-0.25, -0.2) is 5.43 Å². The van der Waals surface area contributed by atoms with Crippen LogP contribution in [0.25, 0.3) is 0 Å². The van der Waals surface area contributed by atoms with E-state index in [1.54, 1.807) is 48.5 Å². The summed E-state index contributed by atoms with van der Waals surface area (Å²) in [4.78, 5) is 24.1. The second-order valence-corrected chi connectivity index (χ2v) is 8.39. The monoisotopic (exact) mass is 513 g/mol. The molecule has 3 aromatic carbocycles. The highest BCUT2D eigenvalue weighted by molar-refractivity contribution is 6.35. The van der Waals surface area contributed by atoms with Crippen LogP contribution < -0.4 is 20.2 Å². The second kappa shape index (κ2) is 12.8. The van der Waals surface area contributed by atoms with E-state index in [2.05, 4.69) is 15.8 Å². The smallest absolute Gasteiger partial charge is 0.249 e. The molecule has 0 aromatic heterocycles. The molecular formula is C26H25Cl2N3O4. The minimum absolute atomic E-state index is 0.240. The van der Waals surface area contributed by atoms with Crippen LogP contribution in [0.2, 0.25) is 10.0 Å². The van der Waals surface area contributed by atoms with E-state index in [4.69, 9.17) is 32.7 Å². The summed E-state index contributed by atoms with van der Waals surface area (Å²) in [7, 11) is 0. The van der Waals surface area contributed by atoms with Crippen LogP contribution in [0.15, 0.2) is 65.8 Å². The minimum Gasteiger partial charge on any atom is -0.490 e. The minimum atomic E-state index is -0.532. The first-order valence-corrected chi connectivity index (χ1v) is 11.6. The average Bonchev–Trinajstić information content (AvgIpc) is 2.81. The summed E-state index contributed by atoms with van der Waals surface area (Å²) in [6.45, 7) is 4.49. The van der Waals surface area contributed by atoms with Gasteiger partial charge in [0, 0.05) is 21.3 Å². The first-order chi connectivity index (χ1) is 16.8. The number of hydrogen-bond donors (Lipinski definition) is 2. The Kier molecular flexibility index (Phi) is 9.52. The van der Waals surface area contributed by atoms with E-state index < -0.39 is 11.8 Å². The van der Waals surface area contributed by atoms with E-state index in [1.165, 1.54) is 6.21 Å². The van der Waals surface area contributed by atoms with Gasteiger partial charge in [-0.15, -0.1) is 0 Å². The molecule has 0 aliphatic rings. The van der Waals surface area contributed by atoms with Crippen LogP contribution in [0.1, 0.15) is 30.0 Å². The average molecular weight is 514 g/mol. The zero-order valence-corrected chi connectivity index (χ0v) is 20.8. The number of nitrogens with one attached hydrogen (secondary N) is 2. The van der Waals surface area contributed by atoms with E-state index in [-0.39, 0.29) is 13.0 Å². The SMILES string of the molecule is CCOc1cc(C=NNC(=O)CC(=O)Nc2ccc(C)cc2)ccc1OCc1ccc(Cl)cc1Cl. The summed E-state index contributed by atoms with van der Waals surface area (Å²) in [5, 5.41) is 7.66. The third kappa shape index (κ3) is 8.31. The Morgan fingerprint density at radius 1 is 0.943 bits per heavy atom. The molecule has 3 aromatic rings. The molecule has 0 unspecified atom stereocenters. The van der Waals surface area contributed by atoms with Gasteiger partial charge in [-0.2, -0.15) is 5.10 Å². The van der Waals surface area contributed by atoms with Crippen molar-refractivity contribution in [1.82, 2.24) is 5.43 Å². The summed E-state index contributed by atoms with van der Waals surface area (Å²) in [5.41, 5.74) is 5.52. The molecule has 3 rings (SSSR count). The number of ether oxygens (including phenoxy) is 2. The highest BCUT2D eigenvalue weighted by Gasteiger charge is 2.10. The normalized spacial score (nSPS) is 10.7. The highest BCUT2D eigenvalue weighted by Crippen LogP contribution is 2.30. The molecule has 0 heterocycles. The molecule has 2 N–H and O–H groups in total. The van der Waals surface area contributed by atoms with Crippen molar-refractivity contribution in [3.63, 3.8) is 0 Å². The van der Waals surface area contributed by atoms with Crippen molar-refractivity contribution in [2.75, 3.05) is 11.9 Å². The van der Waals surface area contributed by atoms with Crippen LogP contribution in [0, 0.1) is 6.92 Å². The molecule has 0 spiro atoms. The quantitative estimate of drug-likeness (QED) is 0.205. The number of halogens is 2. The van der Waals surface area contributed by atoms with Crippen molar-refractivity contribution >= 4 is 46.9 Å². The van der Waals surface area contributed by atoms with E-state index in [0.717, 1.165) is 11.1 Å². The van der Waals surface area contributed by atoms with E-state index in [9.17, 15) is 9.59 Å². The maximum absolute atomic E-state index is 12.0. The van der Waals surface area contributed by atoms with Gasteiger partial charge in [-0.3, -0.25) is 9.59 Å². The van der Waals surface area contributed by atoms with Crippen LogP contribution in [-0.2, 0) is 16.2 Å². The first-order valence-electron chi connectivity index (χ1n) is 10.9. The lowest BCUT2D eigenvalue weighted by molar-refractivity contribution is -0.126. The molecule has 0 radical (unpaired) electrons. The number of aryl methyl sites for hydroxylation is 1. The number of carbonyl (C=O) groups is 2. The Bertz CT molecular complexity index is 1210. The van der Waals surface area contributed by atoms with E-state index in [1.807, 2.05) is 26.0 Å². The van der Waals surface area contributed by atoms with Crippen molar-refractivity contribution in [1.29, 1.82) is 0 Å². The Morgan fingerprint density at radius 3 is 2.43 bits per heavy atom. The lowest BCUT2D eigenvalue weighted by Gasteiger charge is -2.13. The van der Waals surface area contributed by atoms with Crippen LogP contribution in [-0.4, -0.2) is 24.6 Å². The number of carbonyl (C=O) groups excluding carboxylic acids is 2. The number of amides is 2. The predicted octanol–water partition coefficient (Wildman–Crippen LogP) is 5.76. The van der Waals surface area contributed by atoms with Gasteiger partial charge in [0.05, 0.1) is 12.8 Å². The molecule has 0 bridgehead atoms. The standard InChI is InChI=1S/C26H25Cl2N3O4/c1-3-34-24-12-18(6-11-23(24)35-16-19-7-8-20(27)13-22(19)28)15-29-31-26(33)14-25(32)30-21-9-4-17(2)5-10-21/h4-13,15H,3,14,16H2,1-2H3,(H,30,32)(H,31,33). The fourth-order valence-electron chi connectivity index (χ4n) is 2.99. The third-order valence-corrected chi connectivity index (χ3v) is 5.31. The van der Waals surface area contributed by atoms with Crippen molar-refractivity contribution in [2.45, 2.75) is 26.9 Å². The van der Waals surface area contributed by atoms with Gasteiger partial charge in [0.2, 0.25) is 11.8 Å². The molecule has 2 amide bonds. The van der Waals surface area contributed by atoms with Crippen LogP contribution >= 0.6 is 23.2 Å². The highest BCUT2D eigenvalue weighted by atomic mass is 35.5. The molecule has 0 aliphatic heterocycles. The van der Waals surface area contributed by atoms with E-state index in [0.29, 0.717) is 39.4 Å². The van der Waals surface area contributed by atoms with Gasteiger partial charge in [-0.1, -0.05) is 47.0 Å². The molecule has 9 heteroatoms. The summed E-state index contributed by atoms with van der Waals surface area (Å²) in [6, 6.07) is 17.7. The molecule has 7 nitrogen and oxygen atoms in total. The van der Waals surface area contributed by atoms with Crippen molar-refractivity contribution in [3.05, 3.63) is 87.4 Å². The fourth-order valence-corrected chi connectivity index (χ4v) is 3.46. The Morgan fingerprint density at radius 2 is 1.71 bits per heavy atom. The molecule has 0 saturated carbocycles. The largest absolute Gasteiger partial charge is 0.490 e. The topological polar surface area (TPSA) is 89.0 Å². The number of hydrazone groups is 1. The maximum atomic E-state index is 12.0. The second-order valence-electron chi connectivity index (χ2n) is 7.55. The predicted molar refractivity (Wildman–Crippen MR) is 139 cm³/mol. The fraction of sp³-hybridized carbons (Fsp3) is 0.192. The summed E-state index contributed by atoms with van der Waals surface area (Å²) < 4.78 is 11.6. The Balaban J connectivity index is 1.55. The van der Waals surface area contributed by atoms with Crippen molar-refractivity contribution in [3.8, 4) is 11.5 Å². The molecular weight excluding hydrogens is 489 g/mol. The van der Waals surface area contributed by atoms with Gasteiger partial charge >= 0.3 is 0 Å². The number of hydrogen-bond acceptors (Lipinski definition) is 5. The molecule has 182 valence electrons. The Labute approximate surface area is 214 Å². The molecule has 0 fully saturated rings. The van der Waals surface area contributed by atoms with Gasteiger partial charge in [-0.05, 0) is 61.9 Å². The molecule has 0 saturated heterocycles. The lowest BCUT2D eigenvalue weighted by atomic mass is 10.2. The number of anilines is 1. The van der Waals surface area contributed by atoms with E-state index >= 15 is 0 Å². The zero-order valence-electron chi connectivity index (χ0n) is 19.3. The summed E-state index contributed by atoms with van der Waals surface area (Å²) in [6.07, 6.45) is 1.10. The summed E-state index contributed by atoms with van der Waals surface area (Å²) >= 11 is 12.1. The maximum Gasteiger partial charge on any atom is 0.249 e. The number of nitrogens with zero attached hydrogens (tertiary/aromatic N) is 1. The van der Waals surface area contributed by atoms with Crippen LogP contribution in [0.4, 0.5) is 5.69 Å².